The predicted molar refractivity (Wildman–Crippen MR) is 257 cm³/mol. The SMILES string of the molecule is Clc1nc(-c2ccc(-c3ccccc3)cc2)nc(-c2ccc(-c3cccc(-c4cc(-c5cccc6c5[nH]c5ccc7ccccc7c56)cc5c4sc4ccccc45)c3)cc2)n1. The fraction of sp³-hybridized carbons (Fsp3) is 0. The van der Waals surface area contributed by atoms with Crippen molar-refractivity contribution < 1.29 is 0 Å². The Bertz CT molecular complexity index is 3650. The van der Waals surface area contributed by atoms with Crippen molar-refractivity contribution in [3.8, 4) is 67.3 Å². The number of nitrogens with one attached hydrogen (secondary N) is 1. The number of rotatable bonds is 6. The molecule has 3 heterocycles. The predicted octanol–water partition coefficient (Wildman–Crippen LogP) is 15.7. The monoisotopic (exact) mass is 816 g/mol. The summed E-state index contributed by atoms with van der Waals surface area (Å²) in [5.74, 6) is 1.07. The van der Waals surface area contributed by atoms with E-state index in [4.69, 9.17) is 16.6 Å². The van der Waals surface area contributed by atoms with Crippen molar-refractivity contribution in [2.45, 2.75) is 0 Å². The number of para-hydroxylation sites is 1. The molecule has 0 spiro atoms. The molecular weight excluding hydrogens is 784 g/mol. The second kappa shape index (κ2) is 14.4. The number of nitrogens with zero attached hydrogens (tertiary/aromatic N) is 3. The summed E-state index contributed by atoms with van der Waals surface area (Å²) >= 11 is 8.36. The molecule has 0 aliphatic heterocycles. The van der Waals surface area contributed by atoms with Crippen LogP contribution >= 0.6 is 22.9 Å². The van der Waals surface area contributed by atoms with Crippen molar-refractivity contribution in [3.05, 3.63) is 199 Å². The average molecular weight is 817 g/mol. The molecule has 9 aromatic carbocycles. The number of H-pyrrole nitrogens is 1. The molecule has 0 bridgehead atoms. The summed E-state index contributed by atoms with van der Waals surface area (Å²) in [7, 11) is 0. The van der Waals surface area contributed by atoms with Crippen molar-refractivity contribution in [1.29, 1.82) is 0 Å². The van der Waals surface area contributed by atoms with Gasteiger partial charge in [0.05, 0.1) is 5.52 Å². The molecule has 0 fully saturated rings. The van der Waals surface area contributed by atoms with E-state index in [0.29, 0.717) is 11.6 Å². The van der Waals surface area contributed by atoms with Gasteiger partial charge in [0.15, 0.2) is 11.6 Å². The Hall–Kier alpha value is -7.44. The van der Waals surface area contributed by atoms with Crippen LogP contribution < -0.4 is 0 Å². The van der Waals surface area contributed by atoms with E-state index in [9.17, 15) is 0 Å². The van der Waals surface area contributed by atoms with Crippen molar-refractivity contribution in [2.75, 3.05) is 0 Å². The van der Waals surface area contributed by atoms with E-state index >= 15 is 0 Å². The van der Waals surface area contributed by atoms with Crippen LogP contribution in [-0.2, 0) is 0 Å². The van der Waals surface area contributed by atoms with E-state index in [2.05, 4.69) is 179 Å². The fourth-order valence-electron chi connectivity index (χ4n) is 8.86. The number of benzene rings is 9. The van der Waals surface area contributed by atoms with Crippen LogP contribution in [0.25, 0.3) is 120 Å². The van der Waals surface area contributed by atoms with Gasteiger partial charge in [-0.3, -0.25) is 0 Å². The van der Waals surface area contributed by atoms with E-state index in [1.807, 2.05) is 41.7 Å². The van der Waals surface area contributed by atoms with Gasteiger partial charge in [0, 0.05) is 58.7 Å². The van der Waals surface area contributed by atoms with Gasteiger partial charge >= 0.3 is 0 Å². The van der Waals surface area contributed by atoms with Crippen LogP contribution in [0, 0.1) is 0 Å². The third kappa shape index (κ3) is 6.17. The highest BCUT2D eigenvalue weighted by atomic mass is 35.5. The Morgan fingerprint density at radius 1 is 0.393 bits per heavy atom. The Morgan fingerprint density at radius 3 is 1.79 bits per heavy atom. The van der Waals surface area contributed by atoms with Crippen LogP contribution in [0.15, 0.2) is 194 Å². The Balaban J connectivity index is 0.927. The highest BCUT2D eigenvalue weighted by Crippen LogP contribution is 2.45. The minimum Gasteiger partial charge on any atom is -0.354 e. The number of hydrogen-bond donors (Lipinski definition) is 1. The first-order valence-corrected chi connectivity index (χ1v) is 21.5. The zero-order chi connectivity index (χ0) is 40.4. The van der Waals surface area contributed by atoms with Crippen LogP contribution in [0.3, 0.4) is 0 Å². The number of aromatic nitrogens is 4. The maximum atomic E-state index is 6.50. The van der Waals surface area contributed by atoms with Gasteiger partial charge in [0.1, 0.15) is 0 Å². The topological polar surface area (TPSA) is 54.5 Å². The molecule has 1 N–H and O–H groups in total. The second-order valence-corrected chi connectivity index (χ2v) is 16.8. The highest BCUT2D eigenvalue weighted by molar-refractivity contribution is 7.26. The molecule has 0 saturated heterocycles. The van der Waals surface area contributed by atoms with Gasteiger partial charge in [-0.05, 0) is 86.1 Å². The normalized spacial score (nSPS) is 11.7. The molecule has 6 heteroatoms. The van der Waals surface area contributed by atoms with Crippen LogP contribution in [0.5, 0.6) is 0 Å². The van der Waals surface area contributed by atoms with Gasteiger partial charge in [-0.15, -0.1) is 11.3 Å². The molecule has 0 saturated carbocycles. The zero-order valence-corrected chi connectivity index (χ0v) is 34.2. The minimum atomic E-state index is 0.160. The average Bonchev–Trinajstić information content (AvgIpc) is 3.91. The third-order valence-electron chi connectivity index (χ3n) is 11.8. The summed E-state index contributed by atoms with van der Waals surface area (Å²) in [6, 6.07) is 69.1. The van der Waals surface area contributed by atoms with E-state index in [1.165, 1.54) is 64.0 Å². The highest BCUT2D eigenvalue weighted by Gasteiger charge is 2.18. The van der Waals surface area contributed by atoms with Gasteiger partial charge in [0.2, 0.25) is 5.28 Å². The summed E-state index contributed by atoms with van der Waals surface area (Å²) in [6.45, 7) is 0. The van der Waals surface area contributed by atoms with Gasteiger partial charge in [-0.25, -0.2) is 4.98 Å². The van der Waals surface area contributed by atoms with Crippen molar-refractivity contribution >= 4 is 75.7 Å². The first-order chi connectivity index (χ1) is 30.1. The number of fused-ring (bicyclic) bond motifs is 8. The fourth-order valence-corrected chi connectivity index (χ4v) is 10.2. The smallest absolute Gasteiger partial charge is 0.226 e. The summed E-state index contributed by atoms with van der Waals surface area (Å²) in [6.07, 6.45) is 0. The van der Waals surface area contributed by atoms with E-state index in [1.54, 1.807) is 0 Å². The third-order valence-corrected chi connectivity index (χ3v) is 13.2. The zero-order valence-electron chi connectivity index (χ0n) is 32.6. The van der Waals surface area contributed by atoms with Crippen LogP contribution in [0.2, 0.25) is 5.28 Å². The van der Waals surface area contributed by atoms with Crippen molar-refractivity contribution in [1.82, 2.24) is 19.9 Å². The quantitative estimate of drug-likeness (QED) is 0.182. The van der Waals surface area contributed by atoms with Gasteiger partial charge in [0.25, 0.3) is 0 Å². The van der Waals surface area contributed by atoms with Crippen molar-refractivity contribution in [3.63, 3.8) is 0 Å². The van der Waals surface area contributed by atoms with Gasteiger partial charge in [-0.2, -0.15) is 9.97 Å². The molecule has 0 amide bonds. The number of hydrogen-bond acceptors (Lipinski definition) is 4. The first kappa shape index (κ1) is 35.5. The Labute approximate surface area is 360 Å². The summed E-state index contributed by atoms with van der Waals surface area (Å²) in [5, 5.41) is 7.72. The molecule has 12 aromatic rings. The molecule has 0 aliphatic rings. The van der Waals surface area contributed by atoms with Crippen LogP contribution in [0.1, 0.15) is 0 Å². The molecular formula is C55H33ClN4S. The second-order valence-electron chi connectivity index (χ2n) is 15.4. The Morgan fingerprint density at radius 2 is 1.00 bits per heavy atom. The van der Waals surface area contributed by atoms with Crippen molar-refractivity contribution in [2.24, 2.45) is 0 Å². The molecule has 286 valence electrons. The number of aromatic amines is 1. The summed E-state index contributed by atoms with van der Waals surface area (Å²) < 4.78 is 2.56. The molecule has 0 unspecified atom stereocenters. The van der Waals surface area contributed by atoms with Crippen LogP contribution in [0.4, 0.5) is 0 Å². The molecule has 4 nitrogen and oxygen atoms in total. The van der Waals surface area contributed by atoms with E-state index < -0.39 is 0 Å². The maximum absolute atomic E-state index is 6.50. The lowest BCUT2D eigenvalue weighted by molar-refractivity contribution is 1.07. The molecule has 0 radical (unpaired) electrons. The summed E-state index contributed by atoms with van der Waals surface area (Å²) in [4.78, 5) is 17.7. The summed E-state index contributed by atoms with van der Waals surface area (Å²) in [5.41, 5.74) is 13.3. The minimum absolute atomic E-state index is 0.160. The molecule has 61 heavy (non-hydrogen) atoms. The standard InChI is InChI=1S/C55H33ClN4S/c56-55-59-53(37-24-20-34(21-25-37)33-10-2-1-3-11-33)58-54(60-55)38-26-22-35(23-27-38)39-13-8-14-40(30-39)46-31-41(32-47-44-16-6-7-19-49(44)61-52(46)47)43-17-9-18-45-50-42-15-5-4-12-36(42)28-29-48(50)57-51(43)45/h1-32,57H. The van der Waals surface area contributed by atoms with Gasteiger partial charge in [-0.1, -0.05) is 164 Å². The lowest BCUT2D eigenvalue weighted by atomic mass is 9.93. The molecule has 12 rings (SSSR count). The van der Waals surface area contributed by atoms with Gasteiger partial charge < -0.3 is 4.98 Å². The van der Waals surface area contributed by atoms with Crippen LogP contribution in [-0.4, -0.2) is 19.9 Å². The van der Waals surface area contributed by atoms with E-state index in [0.717, 1.165) is 44.4 Å². The largest absolute Gasteiger partial charge is 0.354 e. The van der Waals surface area contributed by atoms with E-state index in [-0.39, 0.29) is 5.28 Å². The molecule has 0 atom stereocenters. The molecule has 0 aliphatic carbocycles. The number of thiophene rings is 1. The maximum Gasteiger partial charge on any atom is 0.226 e. The molecule has 3 aromatic heterocycles. The Kier molecular flexibility index (Phi) is 8.37. The number of halogens is 1. The lowest BCUT2D eigenvalue weighted by Gasteiger charge is -2.12. The first-order valence-electron chi connectivity index (χ1n) is 20.3. The lowest BCUT2D eigenvalue weighted by Crippen LogP contribution is -1.97.